The molecule has 0 aliphatic carbocycles. The Bertz CT molecular complexity index is 405. The van der Waals surface area contributed by atoms with Gasteiger partial charge < -0.3 is 10.2 Å². The summed E-state index contributed by atoms with van der Waals surface area (Å²) in [5.41, 5.74) is 5.98. The van der Waals surface area contributed by atoms with Gasteiger partial charge in [-0.1, -0.05) is 12.1 Å². The van der Waals surface area contributed by atoms with Crippen molar-refractivity contribution in [2.24, 2.45) is 0 Å². The number of para-hydroxylation sites is 1. The molecule has 1 N–H and O–H groups in total. The van der Waals surface area contributed by atoms with Gasteiger partial charge in [-0.2, -0.15) is 5.26 Å². The molecule has 0 atom stereocenters. The van der Waals surface area contributed by atoms with Gasteiger partial charge in [-0.15, -0.1) is 0 Å². The number of hydrogen-bond donors (Lipinski definition) is 1. The summed E-state index contributed by atoms with van der Waals surface area (Å²) in [7, 11) is 0. The molecule has 0 unspecified atom stereocenters. The van der Waals surface area contributed by atoms with E-state index in [1.807, 2.05) is 25.1 Å². The summed E-state index contributed by atoms with van der Waals surface area (Å²) in [5.74, 6) is 0. The van der Waals surface area contributed by atoms with Crippen molar-refractivity contribution in [2.45, 2.75) is 6.92 Å². The lowest BCUT2D eigenvalue weighted by Gasteiger charge is -2.29. The largest absolute Gasteiger partial charge is 0.379 e. The van der Waals surface area contributed by atoms with Crippen molar-refractivity contribution < 1.29 is 4.74 Å². The SMILES string of the molecule is Cc1cccc(C#N)c1NN1CCOCC1. The van der Waals surface area contributed by atoms with E-state index in [2.05, 4.69) is 16.5 Å². The van der Waals surface area contributed by atoms with Gasteiger partial charge in [0.05, 0.1) is 24.5 Å². The zero-order valence-electron chi connectivity index (χ0n) is 9.36. The molecular weight excluding hydrogens is 202 g/mol. The highest BCUT2D eigenvalue weighted by Crippen LogP contribution is 2.20. The minimum atomic E-state index is 0.687. The summed E-state index contributed by atoms with van der Waals surface area (Å²) in [6.45, 7) is 5.17. The van der Waals surface area contributed by atoms with Gasteiger partial charge in [0.2, 0.25) is 0 Å². The second kappa shape index (κ2) is 4.97. The molecule has 0 aromatic heterocycles. The summed E-state index contributed by atoms with van der Waals surface area (Å²) in [6, 6.07) is 7.94. The minimum Gasteiger partial charge on any atom is -0.379 e. The van der Waals surface area contributed by atoms with E-state index in [1.54, 1.807) is 0 Å². The van der Waals surface area contributed by atoms with Gasteiger partial charge in [0.25, 0.3) is 0 Å². The lowest BCUT2D eigenvalue weighted by atomic mass is 10.1. The Morgan fingerprint density at radius 3 is 2.81 bits per heavy atom. The second-order valence-corrected chi connectivity index (χ2v) is 3.82. The van der Waals surface area contributed by atoms with Crippen molar-refractivity contribution in [2.75, 3.05) is 31.7 Å². The molecule has 1 aliphatic heterocycles. The molecule has 0 bridgehead atoms. The molecule has 1 heterocycles. The maximum absolute atomic E-state index is 9.04. The van der Waals surface area contributed by atoms with Crippen LogP contribution in [0.5, 0.6) is 0 Å². The Hall–Kier alpha value is -1.57. The smallest absolute Gasteiger partial charge is 0.101 e. The molecular formula is C12H15N3O. The quantitative estimate of drug-likeness (QED) is 0.816. The molecule has 4 heteroatoms. The summed E-state index contributed by atoms with van der Waals surface area (Å²) < 4.78 is 5.28. The molecule has 0 spiro atoms. The second-order valence-electron chi connectivity index (χ2n) is 3.82. The van der Waals surface area contributed by atoms with Gasteiger partial charge in [-0.3, -0.25) is 0 Å². The number of benzene rings is 1. The number of morpholine rings is 1. The van der Waals surface area contributed by atoms with Crippen molar-refractivity contribution >= 4 is 5.69 Å². The van der Waals surface area contributed by atoms with E-state index in [4.69, 9.17) is 10.00 Å². The van der Waals surface area contributed by atoms with Crippen LogP contribution < -0.4 is 5.43 Å². The van der Waals surface area contributed by atoms with Crippen LogP contribution >= 0.6 is 0 Å². The third kappa shape index (κ3) is 2.32. The van der Waals surface area contributed by atoms with E-state index in [-0.39, 0.29) is 0 Å². The third-order valence-electron chi connectivity index (χ3n) is 2.67. The zero-order chi connectivity index (χ0) is 11.4. The van der Waals surface area contributed by atoms with Crippen molar-refractivity contribution in [1.29, 1.82) is 5.26 Å². The van der Waals surface area contributed by atoms with Gasteiger partial charge >= 0.3 is 0 Å². The minimum absolute atomic E-state index is 0.687. The van der Waals surface area contributed by atoms with Gasteiger partial charge in [-0.25, -0.2) is 5.01 Å². The first-order valence-corrected chi connectivity index (χ1v) is 5.40. The molecule has 1 aliphatic rings. The molecule has 2 rings (SSSR count). The highest BCUT2D eigenvalue weighted by molar-refractivity contribution is 5.61. The number of aryl methyl sites for hydroxylation is 1. The summed E-state index contributed by atoms with van der Waals surface area (Å²) in [6.07, 6.45) is 0. The topological polar surface area (TPSA) is 48.3 Å². The lowest BCUT2D eigenvalue weighted by molar-refractivity contribution is 0.0496. The molecule has 0 saturated carbocycles. The van der Waals surface area contributed by atoms with Crippen molar-refractivity contribution in [1.82, 2.24) is 5.01 Å². The lowest BCUT2D eigenvalue weighted by Crippen LogP contribution is -2.40. The molecule has 0 amide bonds. The van der Waals surface area contributed by atoms with Crippen LogP contribution in [0.1, 0.15) is 11.1 Å². The molecule has 1 aromatic rings. The maximum atomic E-state index is 9.04. The predicted molar refractivity (Wildman–Crippen MR) is 61.9 cm³/mol. The van der Waals surface area contributed by atoms with E-state index in [0.29, 0.717) is 5.56 Å². The number of nitrogens with one attached hydrogen (secondary N) is 1. The van der Waals surface area contributed by atoms with Crippen LogP contribution in [0, 0.1) is 18.3 Å². The molecule has 0 radical (unpaired) electrons. The number of anilines is 1. The Kier molecular flexibility index (Phi) is 3.40. The fourth-order valence-electron chi connectivity index (χ4n) is 1.74. The van der Waals surface area contributed by atoms with Gasteiger partial charge in [0, 0.05) is 13.1 Å². The van der Waals surface area contributed by atoms with Gasteiger partial charge in [0.1, 0.15) is 6.07 Å². The number of ether oxygens (including phenoxy) is 1. The highest BCUT2D eigenvalue weighted by Gasteiger charge is 2.12. The van der Waals surface area contributed by atoms with Crippen LogP contribution in [0.3, 0.4) is 0 Å². The Morgan fingerprint density at radius 1 is 1.38 bits per heavy atom. The van der Waals surface area contributed by atoms with Crippen LogP contribution in [0.25, 0.3) is 0 Å². The Labute approximate surface area is 95.4 Å². The van der Waals surface area contributed by atoms with Gasteiger partial charge in [-0.05, 0) is 18.6 Å². The molecule has 1 fully saturated rings. The predicted octanol–water partition coefficient (Wildman–Crippen LogP) is 1.53. The number of hydrazine groups is 1. The van der Waals surface area contributed by atoms with Crippen LogP contribution in [0.4, 0.5) is 5.69 Å². The first-order chi connectivity index (χ1) is 7.81. The average Bonchev–Trinajstić information content (AvgIpc) is 2.33. The van der Waals surface area contributed by atoms with Crippen LogP contribution in [0.15, 0.2) is 18.2 Å². The van der Waals surface area contributed by atoms with E-state index < -0.39 is 0 Å². The summed E-state index contributed by atoms with van der Waals surface area (Å²) >= 11 is 0. The number of nitrogens with zero attached hydrogens (tertiary/aromatic N) is 2. The summed E-state index contributed by atoms with van der Waals surface area (Å²) in [5, 5.41) is 11.1. The normalized spacial score (nSPS) is 16.8. The molecule has 1 aromatic carbocycles. The van der Waals surface area contributed by atoms with Crippen LogP contribution in [-0.2, 0) is 4.74 Å². The molecule has 84 valence electrons. The van der Waals surface area contributed by atoms with Gasteiger partial charge in [0.15, 0.2) is 0 Å². The average molecular weight is 217 g/mol. The van der Waals surface area contributed by atoms with E-state index in [1.165, 1.54) is 0 Å². The number of rotatable bonds is 2. The fraction of sp³-hybridized carbons (Fsp3) is 0.417. The van der Waals surface area contributed by atoms with Crippen LogP contribution in [0.2, 0.25) is 0 Å². The number of nitriles is 1. The monoisotopic (exact) mass is 217 g/mol. The third-order valence-corrected chi connectivity index (χ3v) is 2.67. The van der Waals surface area contributed by atoms with Crippen molar-refractivity contribution in [3.05, 3.63) is 29.3 Å². The molecule has 4 nitrogen and oxygen atoms in total. The van der Waals surface area contributed by atoms with Crippen LogP contribution in [-0.4, -0.2) is 31.3 Å². The fourth-order valence-corrected chi connectivity index (χ4v) is 1.74. The first kappa shape index (κ1) is 10.9. The first-order valence-electron chi connectivity index (χ1n) is 5.40. The standard InChI is InChI=1S/C12H15N3O/c1-10-3-2-4-11(9-13)12(10)14-15-5-7-16-8-6-15/h2-4,14H,5-8H2,1H3. The summed E-state index contributed by atoms with van der Waals surface area (Å²) in [4.78, 5) is 0. The van der Waals surface area contributed by atoms with Crippen molar-refractivity contribution in [3.8, 4) is 6.07 Å². The molecule has 1 saturated heterocycles. The zero-order valence-corrected chi connectivity index (χ0v) is 9.36. The van der Waals surface area contributed by atoms with Crippen molar-refractivity contribution in [3.63, 3.8) is 0 Å². The van der Waals surface area contributed by atoms with E-state index >= 15 is 0 Å². The maximum Gasteiger partial charge on any atom is 0.101 e. The number of hydrogen-bond acceptors (Lipinski definition) is 4. The Morgan fingerprint density at radius 2 is 2.12 bits per heavy atom. The van der Waals surface area contributed by atoms with E-state index in [0.717, 1.165) is 37.6 Å². The van der Waals surface area contributed by atoms with E-state index in [9.17, 15) is 0 Å². The molecule has 16 heavy (non-hydrogen) atoms. The highest BCUT2D eigenvalue weighted by atomic mass is 16.5. The Balaban J connectivity index is 2.16.